The number of nitrogens with one attached hydrogen (secondary N) is 2. The summed E-state index contributed by atoms with van der Waals surface area (Å²) in [6, 6.07) is 10.2. The first-order valence-corrected chi connectivity index (χ1v) is 9.07. The highest BCUT2D eigenvalue weighted by Gasteiger charge is 2.34. The van der Waals surface area contributed by atoms with Crippen LogP contribution in [-0.4, -0.2) is 60.0 Å². The van der Waals surface area contributed by atoms with Crippen LogP contribution < -0.4 is 10.6 Å². The molecule has 2 heterocycles. The fourth-order valence-electron chi connectivity index (χ4n) is 3.75. The average molecular weight is 344 g/mol. The van der Waals surface area contributed by atoms with E-state index in [9.17, 15) is 9.59 Å². The number of amides is 3. The van der Waals surface area contributed by atoms with Crippen molar-refractivity contribution in [3.63, 3.8) is 0 Å². The summed E-state index contributed by atoms with van der Waals surface area (Å²) in [6.45, 7) is 5.73. The summed E-state index contributed by atoms with van der Waals surface area (Å²) >= 11 is 0. The van der Waals surface area contributed by atoms with Crippen LogP contribution in [0.25, 0.3) is 0 Å². The van der Waals surface area contributed by atoms with E-state index in [2.05, 4.69) is 36.4 Å². The second-order valence-corrected chi connectivity index (χ2v) is 7.32. The lowest BCUT2D eigenvalue weighted by molar-refractivity contribution is -0.123. The van der Waals surface area contributed by atoms with Crippen molar-refractivity contribution >= 4 is 11.9 Å². The standard InChI is InChI=1S/C19H28N4O2/c1-13-11-23(12-14(2)22(13)3)19(25)20-16-9-10-17(24)21-18(16)15-7-5-4-6-8-15/h4-8,13-14,16,18H,9-12H2,1-3H3,(H,20,25)(H,21,24)/t13-,14+,16-,18+/m1/s1. The number of benzene rings is 1. The number of hydrogen-bond acceptors (Lipinski definition) is 3. The van der Waals surface area contributed by atoms with Crippen molar-refractivity contribution in [2.24, 2.45) is 0 Å². The predicted molar refractivity (Wildman–Crippen MR) is 97.1 cm³/mol. The number of nitrogens with zero attached hydrogens (tertiary/aromatic N) is 2. The second-order valence-electron chi connectivity index (χ2n) is 7.32. The van der Waals surface area contributed by atoms with E-state index >= 15 is 0 Å². The van der Waals surface area contributed by atoms with Gasteiger partial charge >= 0.3 is 6.03 Å². The Bertz CT molecular complexity index is 609. The third kappa shape index (κ3) is 3.95. The van der Waals surface area contributed by atoms with Gasteiger partial charge in [0.1, 0.15) is 0 Å². The molecule has 2 saturated heterocycles. The lowest BCUT2D eigenvalue weighted by atomic mass is 9.92. The van der Waals surface area contributed by atoms with E-state index in [1.807, 2.05) is 35.2 Å². The van der Waals surface area contributed by atoms with Crippen molar-refractivity contribution in [3.05, 3.63) is 35.9 Å². The second kappa shape index (κ2) is 7.44. The third-order valence-corrected chi connectivity index (χ3v) is 5.52. The van der Waals surface area contributed by atoms with Crippen molar-refractivity contribution in [3.8, 4) is 0 Å². The van der Waals surface area contributed by atoms with Crippen molar-refractivity contribution in [2.45, 2.75) is 50.9 Å². The molecule has 0 saturated carbocycles. The van der Waals surface area contributed by atoms with Gasteiger partial charge in [0.2, 0.25) is 5.91 Å². The van der Waals surface area contributed by atoms with Gasteiger partial charge in [-0.15, -0.1) is 0 Å². The maximum Gasteiger partial charge on any atom is 0.317 e. The van der Waals surface area contributed by atoms with Crippen LogP contribution in [0.2, 0.25) is 0 Å². The molecule has 1 aromatic rings. The number of urea groups is 1. The number of hydrogen-bond donors (Lipinski definition) is 2. The molecule has 0 unspecified atom stereocenters. The molecule has 0 aliphatic carbocycles. The Hall–Kier alpha value is -2.08. The Balaban J connectivity index is 1.69. The summed E-state index contributed by atoms with van der Waals surface area (Å²) in [5, 5.41) is 6.20. The zero-order chi connectivity index (χ0) is 18.0. The van der Waals surface area contributed by atoms with Gasteiger partial charge in [-0.2, -0.15) is 0 Å². The Kier molecular flexibility index (Phi) is 5.27. The van der Waals surface area contributed by atoms with Gasteiger partial charge in [-0.3, -0.25) is 9.69 Å². The number of piperazine rings is 1. The molecule has 2 fully saturated rings. The maximum atomic E-state index is 12.8. The van der Waals surface area contributed by atoms with Crippen LogP contribution in [0, 0.1) is 0 Å². The molecule has 25 heavy (non-hydrogen) atoms. The van der Waals surface area contributed by atoms with Gasteiger partial charge in [-0.25, -0.2) is 4.79 Å². The van der Waals surface area contributed by atoms with E-state index in [4.69, 9.17) is 0 Å². The zero-order valence-electron chi connectivity index (χ0n) is 15.2. The van der Waals surface area contributed by atoms with Crippen LogP contribution in [0.5, 0.6) is 0 Å². The molecule has 0 bridgehead atoms. The molecule has 6 heteroatoms. The first-order chi connectivity index (χ1) is 12.0. The van der Waals surface area contributed by atoms with Gasteiger partial charge in [-0.1, -0.05) is 30.3 Å². The van der Waals surface area contributed by atoms with Crippen LogP contribution in [0.1, 0.15) is 38.3 Å². The SMILES string of the molecule is C[C@@H]1CN(C(=O)N[C@@H]2CCC(=O)N[C@H]2c2ccccc2)C[C@H](C)N1C. The Morgan fingerprint density at radius 1 is 1.16 bits per heavy atom. The topological polar surface area (TPSA) is 64.7 Å². The van der Waals surface area contributed by atoms with E-state index in [1.54, 1.807) is 0 Å². The molecule has 3 rings (SSSR count). The zero-order valence-corrected chi connectivity index (χ0v) is 15.2. The monoisotopic (exact) mass is 344 g/mol. The molecule has 0 radical (unpaired) electrons. The molecule has 1 aromatic carbocycles. The molecule has 2 N–H and O–H groups in total. The first-order valence-electron chi connectivity index (χ1n) is 9.07. The van der Waals surface area contributed by atoms with E-state index < -0.39 is 0 Å². The van der Waals surface area contributed by atoms with Crippen molar-refractivity contribution < 1.29 is 9.59 Å². The number of carbonyl (C=O) groups excluding carboxylic acids is 2. The minimum atomic E-state index is -0.172. The van der Waals surface area contributed by atoms with E-state index in [-0.39, 0.29) is 24.0 Å². The molecule has 2 aliphatic rings. The number of piperidine rings is 1. The highest BCUT2D eigenvalue weighted by molar-refractivity contribution is 5.79. The average Bonchev–Trinajstić information content (AvgIpc) is 2.61. The molecule has 3 amide bonds. The molecule has 0 spiro atoms. The Labute approximate surface area is 149 Å². The maximum absolute atomic E-state index is 12.8. The lowest BCUT2D eigenvalue weighted by Gasteiger charge is -2.43. The van der Waals surface area contributed by atoms with Gasteiger partial charge in [-0.05, 0) is 32.9 Å². The Morgan fingerprint density at radius 3 is 2.44 bits per heavy atom. The number of rotatable bonds is 2. The smallest absolute Gasteiger partial charge is 0.317 e. The van der Waals surface area contributed by atoms with Crippen LogP contribution in [0.4, 0.5) is 4.79 Å². The summed E-state index contributed by atoms with van der Waals surface area (Å²) in [7, 11) is 2.10. The normalized spacial score (nSPS) is 30.7. The van der Waals surface area contributed by atoms with Crippen LogP contribution in [0.15, 0.2) is 30.3 Å². The first kappa shape index (κ1) is 17.7. The molecule has 4 atom stereocenters. The molecular formula is C19H28N4O2. The highest BCUT2D eigenvalue weighted by atomic mass is 16.2. The summed E-state index contributed by atoms with van der Waals surface area (Å²) in [5.74, 6) is 0.0428. The van der Waals surface area contributed by atoms with Gasteiger partial charge in [0, 0.05) is 31.6 Å². The summed E-state index contributed by atoms with van der Waals surface area (Å²) in [6.07, 6.45) is 1.11. The molecule has 0 aromatic heterocycles. The molecular weight excluding hydrogens is 316 g/mol. The van der Waals surface area contributed by atoms with Crippen LogP contribution in [0.3, 0.4) is 0 Å². The minimum Gasteiger partial charge on any atom is -0.347 e. The minimum absolute atomic E-state index is 0.0334. The summed E-state index contributed by atoms with van der Waals surface area (Å²) < 4.78 is 0. The fraction of sp³-hybridized carbons (Fsp3) is 0.579. The predicted octanol–water partition coefficient (Wildman–Crippen LogP) is 1.74. The van der Waals surface area contributed by atoms with Gasteiger partial charge in [0.05, 0.1) is 12.1 Å². The highest BCUT2D eigenvalue weighted by Crippen LogP contribution is 2.24. The van der Waals surface area contributed by atoms with E-state index in [1.165, 1.54) is 0 Å². The lowest BCUT2D eigenvalue weighted by Crippen LogP contribution is -2.60. The number of likely N-dealkylation sites (N-methyl/N-ethyl adjacent to an activating group) is 1. The van der Waals surface area contributed by atoms with Crippen LogP contribution in [-0.2, 0) is 4.79 Å². The summed E-state index contributed by atoms with van der Waals surface area (Å²) in [5.41, 5.74) is 1.03. The van der Waals surface area contributed by atoms with E-state index in [0.29, 0.717) is 24.9 Å². The van der Waals surface area contributed by atoms with Gasteiger partial charge < -0.3 is 15.5 Å². The van der Waals surface area contributed by atoms with Crippen molar-refractivity contribution in [1.29, 1.82) is 0 Å². The molecule has 6 nitrogen and oxygen atoms in total. The molecule has 136 valence electrons. The van der Waals surface area contributed by atoms with E-state index in [0.717, 1.165) is 18.7 Å². The van der Waals surface area contributed by atoms with Gasteiger partial charge in [0.15, 0.2) is 0 Å². The Morgan fingerprint density at radius 2 is 1.80 bits per heavy atom. The van der Waals surface area contributed by atoms with Crippen LogP contribution >= 0.6 is 0 Å². The van der Waals surface area contributed by atoms with Crippen molar-refractivity contribution in [1.82, 2.24) is 20.4 Å². The van der Waals surface area contributed by atoms with Gasteiger partial charge in [0.25, 0.3) is 0 Å². The quantitative estimate of drug-likeness (QED) is 0.859. The number of carbonyl (C=O) groups is 2. The largest absolute Gasteiger partial charge is 0.347 e. The van der Waals surface area contributed by atoms with Crippen molar-refractivity contribution in [2.75, 3.05) is 20.1 Å². The fourth-order valence-corrected chi connectivity index (χ4v) is 3.75. The third-order valence-electron chi connectivity index (χ3n) is 5.52. The summed E-state index contributed by atoms with van der Waals surface area (Å²) in [4.78, 5) is 28.9. The molecule has 2 aliphatic heterocycles.